The highest BCUT2D eigenvalue weighted by molar-refractivity contribution is 7.90. The first-order chi connectivity index (χ1) is 10.8. The molecule has 0 saturated heterocycles. The van der Waals surface area contributed by atoms with Crippen molar-refractivity contribution in [3.63, 3.8) is 0 Å². The van der Waals surface area contributed by atoms with Gasteiger partial charge in [-0.05, 0) is 46.5 Å². The number of rotatable bonds is 3. The third kappa shape index (κ3) is 3.34. The van der Waals surface area contributed by atoms with E-state index in [-0.39, 0.29) is 23.6 Å². The minimum absolute atomic E-state index is 0.236. The summed E-state index contributed by atoms with van der Waals surface area (Å²) in [6, 6.07) is 12.5. The van der Waals surface area contributed by atoms with Crippen molar-refractivity contribution < 1.29 is 17.2 Å². The van der Waals surface area contributed by atoms with Gasteiger partial charge in [0.15, 0.2) is 9.84 Å². The first kappa shape index (κ1) is 15.9. The molecular formula is C18H16F2O2S. The zero-order chi connectivity index (χ0) is 16.6. The molecule has 0 heterocycles. The molecule has 1 aliphatic carbocycles. The van der Waals surface area contributed by atoms with Crippen molar-refractivity contribution in [2.24, 2.45) is 0 Å². The first-order valence-electron chi connectivity index (χ1n) is 7.27. The molecule has 0 saturated carbocycles. The number of sulfone groups is 1. The van der Waals surface area contributed by atoms with Crippen molar-refractivity contribution >= 4 is 21.0 Å². The van der Waals surface area contributed by atoms with E-state index < -0.39 is 16.0 Å². The van der Waals surface area contributed by atoms with E-state index in [4.69, 9.17) is 0 Å². The maximum atomic E-state index is 13.9. The van der Waals surface area contributed by atoms with Gasteiger partial charge < -0.3 is 0 Å². The number of hydrogen-bond acceptors (Lipinski definition) is 2. The summed E-state index contributed by atoms with van der Waals surface area (Å²) in [6.45, 7) is 0. The van der Waals surface area contributed by atoms with Gasteiger partial charge in [0.1, 0.15) is 12.0 Å². The lowest BCUT2D eigenvalue weighted by Gasteiger charge is -2.09. The van der Waals surface area contributed by atoms with Crippen LogP contribution in [0.15, 0.2) is 53.4 Å². The topological polar surface area (TPSA) is 34.1 Å². The Morgan fingerprint density at radius 3 is 1.74 bits per heavy atom. The van der Waals surface area contributed by atoms with E-state index in [9.17, 15) is 17.2 Å². The van der Waals surface area contributed by atoms with E-state index in [2.05, 4.69) is 0 Å². The van der Waals surface area contributed by atoms with Crippen LogP contribution in [0.1, 0.15) is 24.0 Å². The monoisotopic (exact) mass is 334 g/mol. The van der Waals surface area contributed by atoms with Crippen LogP contribution in [0.2, 0.25) is 0 Å². The average Bonchev–Trinajstić information content (AvgIpc) is 2.89. The standard InChI is InChI=1S/C18H16F2O2S/c1-23(21,22)16-8-4-13(5-9-16)18-11-15(20)10-17(18)12-2-6-14(19)7-3-12/h2-9,15H,10-11H2,1H3. The Hall–Kier alpha value is -2.01. The van der Waals surface area contributed by atoms with Crippen LogP contribution < -0.4 is 0 Å². The summed E-state index contributed by atoms with van der Waals surface area (Å²) in [7, 11) is -3.26. The molecule has 0 radical (unpaired) electrons. The molecule has 0 bridgehead atoms. The summed E-state index contributed by atoms with van der Waals surface area (Å²) in [5.41, 5.74) is 3.30. The quantitative estimate of drug-likeness (QED) is 0.840. The third-order valence-electron chi connectivity index (χ3n) is 4.04. The molecule has 120 valence electrons. The van der Waals surface area contributed by atoms with Gasteiger partial charge in [-0.1, -0.05) is 24.3 Å². The lowest BCUT2D eigenvalue weighted by molar-refractivity contribution is 0.357. The van der Waals surface area contributed by atoms with Crippen LogP contribution in [-0.2, 0) is 9.84 Å². The van der Waals surface area contributed by atoms with Crippen molar-refractivity contribution in [1.29, 1.82) is 0 Å². The molecule has 0 N–H and O–H groups in total. The SMILES string of the molecule is CS(=O)(=O)c1ccc(C2=C(c3ccc(F)cc3)CC(F)C2)cc1. The van der Waals surface area contributed by atoms with Gasteiger partial charge in [0, 0.05) is 19.1 Å². The molecule has 1 aliphatic rings. The number of allylic oxidation sites excluding steroid dienone is 2. The van der Waals surface area contributed by atoms with Crippen molar-refractivity contribution in [3.05, 3.63) is 65.5 Å². The zero-order valence-corrected chi connectivity index (χ0v) is 13.4. The third-order valence-corrected chi connectivity index (χ3v) is 5.17. The Bertz CT molecular complexity index is 851. The fourth-order valence-corrected chi connectivity index (χ4v) is 3.53. The van der Waals surface area contributed by atoms with E-state index in [0.717, 1.165) is 28.5 Å². The molecule has 5 heteroatoms. The number of hydrogen-bond donors (Lipinski definition) is 0. The molecule has 2 aromatic carbocycles. The summed E-state index contributed by atoms with van der Waals surface area (Å²) in [5, 5.41) is 0. The van der Waals surface area contributed by atoms with E-state index in [1.165, 1.54) is 24.3 Å². The molecule has 23 heavy (non-hydrogen) atoms. The summed E-state index contributed by atoms with van der Waals surface area (Å²) in [4.78, 5) is 0.236. The lowest BCUT2D eigenvalue weighted by atomic mass is 9.97. The molecule has 1 unspecified atom stereocenters. The van der Waals surface area contributed by atoms with Gasteiger partial charge in [-0.2, -0.15) is 0 Å². The van der Waals surface area contributed by atoms with Crippen LogP contribution in [0.4, 0.5) is 8.78 Å². The number of halogens is 2. The Kier molecular flexibility index (Phi) is 4.06. The summed E-state index contributed by atoms with van der Waals surface area (Å²) >= 11 is 0. The Labute approximate surface area is 134 Å². The molecule has 3 rings (SSSR count). The van der Waals surface area contributed by atoms with Crippen molar-refractivity contribution in [2.75, 3.05) is 6.26 Å². The molecule has 2 aromatic rings. The minimum Gasteiger partial charge on any atom is -0.247 e. The fourth-order valence-electron chi connectivity index (χ4n) is 2.90. The zero-order valence-electron chi connectivity index (χ0n) is 12.6. The highest BCUT2D eigenvalue weighted by Crippen LogP contribution is 2.41. The highest BCUT2D eigenvalue weighted by atomic mass is 32.2. The summed E-state index contributed by atoms with van der Waals surface area (Å²) in [5.74, 6) is -0.330. The van der Waals surface area contributed by atoms with E-state index in [0.29, 0.717) is 0 Å². The Morgan fingerprint density at radius 2 is 1.30 bits per heavy atom. The molecular weight excluding hydrogens is 318 g/mol. The molecule has 0 fully saturated rings. The molecule has 0 spiro atoms. The van der Waals surface area contributed by atoms with E-state index >= 15 is 0 Å². The van der Waals surface area contributed by atoms with Crippen molar-refractivity contribution in [3.8, 4) is 0 Å². The summed E-state index contributed by atoms with van der Waals surface area (Å²) < 4.78 is 50.1. The van der Waals surface area contributed by atoms with E-state index in [1.807, 2.05) is 0 Å². The number of benzene rings is 2. The maximum Gasteiger partial charge on any atom is 0.175 e. The van der Waals surface area contributed by atoms with Crippen LogP contribution in [0.5, 0.6) is 0 Å². The van der Waals surface area contributed by atoms with Gasteiger partial charge in [0.25, 0.3) is 0 Å². The molecule has 2 nitrogen and oxygen atoms in total. The second-order valence-electron chi connectivity index (χ2n) is 5.77. The van der Waals surface area contributed by atoms with Crippen molar-refractivity contribution in [1.82, 2.24) is 0 Å². The fraction of sp³-hybridized carbons (Fsp3) is 0.222. The molecule has 0 aliphatic heterocycles. The average molecular weight is 334 g/mol. The molecule has 0 aromatic heterocycles. The van der Waals surface area contributed by atoms with Crippen LogP contribution >= 0.6 is 0 Å². The smallest absolute Gasteiger partial charge is 0.175 e. The van der Waals surface area contributed by atoms with Gasteiger partial charge in [-0.3, -0.25) is 0 Å². The van der Waals surface area contributed by atoms with Crippen molar-refractivity contribution in [2.45, 2.75) is 23.9 Å². The second-order valence-corrected chi connectivity index (χ2v) is 7.78. The summed E-state index contributed by atoms with van der Waals surface area (Å²) in [6.07, 6.45) is 0.748. The lowest BCUT2D eigenvalue weighted by Crippen LogP contribution is -1.97. The number of alkyl halides is 1. The Morgan fingerprint density at radius 1 is 0.870 bits per heavy atom. The normalized spacial score (nSPS) is 18.5. The van der Waals surface area contributed by atoms with Gasteiger partial charge in [-0.25, -0.2) is 17.2 Å². The first-order valence-corrected chi connectivity index (χ1v) is 9.16. The molecule has 1 atom stereocenters. The van der Waals surface area contributed by atoms with Crippen LogP contribution in [-0.4, -0.2) is 20.8 Å². The van der Waals surface area contributed by atoms with Gasteiger partial charge in [0.2, 0.25) is 0 Å². The Balaban J connectivity index is 2.04. The molecule has 0 amide bonds. The highest BCUT2D eigenvalue weighted by Gasteiger charge is 2.26. The predicted octanol–water partition coefficient (Wildman–Crippen LogP) is 4.27. The second kappa shape index (κ2) is 5.89. The van der Waals surface area contributed by atoms with Gasteiger partial charge in [0.05, 0.1) is 4.90 Å². The largest absolute Gasteiger partial charge is 0.247 e. The van der Waals surface area contributed by atoms with Crippen LogP contribution in [0, 0.1) is 5.82 Å². The maximum absolute atomic E-state index is 13.9. The predicted molar refractivity (Wildman–Crippen MR) is 86.9 cm³/mol. The van der Waals surface area contributed by atoms with Gasteiger partial charge in [-0.15, -0.1) is 0 Å². The van der Waals surface area contributed by atoms with Crippen LogP contribution in [0.25, 0.3) is 11.1 Å². The van der Waals surface area contributed by atoms with Gasteiger partial charge >= 0.3 is 0 Å². The van der Waals surface area contributed by atoms with Crippen LogP contribution in [0.3, 0.4) is 0 Å². The van der Waals surface area contributed by atoms with E-state index in [1.54, 1.807) is 24.3 Å². The minimum atomic E-state index is -3.26.